The summed E-state index contributed by atoms with van der Waals surface area (Å²) in [4.78, 5) is 4.85. The van der Waals surface area contributed by atoms with Crippen LogP contribution >= 0.6 is 0 Å². The number of fused-ring (bicyclic) bond motifs is 2. The van der Waals surface area contributed by atoms with Crippen LogP contribution in [0.5, 0.6) is 0 Å². The Labute approximate surface area is 233 Å². The molecule has 5 aromatic carbocycles. The van der Waals surface area contributed by atoms with Crippen molar-refractivity contribution in [1.29, 1.82) is 0 Å². The topological polar surface area (TPSA) is 21.6 Å². The van der Waals surface area contributed by atoms with Crippen LogP contribution < -0.4 is 34.0 Å². The van der Waals surface area contributed by atoms with Crippen molar-refractivity contribution in [2.75, 3.05) is 6.61 Å². The molecule has 1 aliphatic heterocycles. The fourth-order valence-electron chi connectivity index (χ4n) is 4.41. The fourth-order valence-corrected chi connectivity index (χ4v) is 4.41. The van der Waals surface area contributed by atoms with Gasteiger partial charge in [0, 0.05) is 31.4 Å². The van der Waals surface area contributed by atoms with Crippen LogP contribution in [0.15, 0.2) is 108 Å². The summed E-state index contributed by atoms with van der Waals surface area (Å²) in [5.74, 6) is 0.667. The Hall–Kier alpha value is -2.31. The predicted molar refractivity (Wildman–Crippen MR) is 133 cm³/mol. The van der Waals surface area contributed by atoms with Gasteiger partial charge in [0.15, 0.2) is 0 Å². The first-order valence-electron chi connectivity index (χ1n) is 10.6. The number of benzene rings is 5. The van der Waals surface area contributed by atoms with Crippen molar-refractivity contribution in [3.63, 3.8) is 0 Å². The summed E-state index contributed by atoms with van der Waals surface area (Å²) in [6.45, 7) is 0.564. The number of nitrogens with zero attached hydrogens (tertiary/aromatic N) is 1. The first-order valence-corrected chi connectivity index (χ1v) is 10.6. The second kappa shape index (κ2) is 11.4. The normalized spacial score (nSPS) is 14.4. The first-order chi connectivity index (χ1) is 15.4. The van der Waals surface area contributed by atoms with E-state index in [0.29, 0.717) is 12.5 Å². The van der Waals surface area contributed by atoms with Crippen LogP contribution in [0.2, 0.25) is 0 Å². The maximum absolute atomic E-state index is 5.99. The molecule has 0 saturated heterocycles. The van der Waals surface area contributed by atoms with E-state index in [2.05, 4.69) is 84.9 Å². The summed E-state index contributed by atoms with van der Waals surface area (Å²) >= 11 is 0. The average molecular weight is 628 g/mol. The van der Waals surface area contributed by atoms with E-state index in [1.54, 1.807) is 0 Å². The molecule has 1 unspecified atom stereocenters. The van der Waals surface area contributed by atoms with E-state index in [-0.39, 0.29) is 59.8 Å². The van der Waals surface area contributed by atoms with E-state index in [1.165, 1.54) is 32.7 Å². The van der Waals surface area contributed by atoms with E-state index < -0.39 is 0 Å². The standard InChI is InChI=1S/C29H20NO.2BrH.Ga/c1-2-9-20(10-3-1)27-19-31-29(30-27)24-14-8-13-23(18-24)28-25-15-6-4-11-21(25)17-22-12-5-7-16-26(22)28;;;/h1-17,27H,19H2;2*1H;/p-2. The van der Waals surface area contributed by atoms with Crippen LogP contribution in [0.4, 0.5) is 0 Å². The summed E-state index contributed by atoms with van der Waals surface area (Å²) in [5, 5.41) is 4.92. The van der Waals surface area contributed by atoms with Gasteiger partial charge in [0.05, 0.1) is 0 Å². The Morgan fingerprint density at radius 2 is 1.26 bits per heavy atom. The number of rotatable bonds is 3. The molecule has 5 heteroatoms. The Balaban J connectivity index is 0.00000108. The molecule has 0 spiro atoms. The van der Waals surface area contributed by atoms with Gasteiger partial charge < -0.3 is 38.7 Å². The molecule has 0 aromatic heterocycles. The van der Waals surface area contributed by atoms with Crippen LogP contribution in [-0.2, 0) is 4.74 Å². The van der Waals surface area contributed by atoms with Gasteiger partial charge in [0.1, 0.15) is 12.6 Å². The quantitative estimate of drug-likeness (QED) is 0.212. The number of halogens is 2. The zero-order chi connectivity index (χ0) is 20.6. The van der Waals surface area contributed by atoms with Crippen molar-refractivity contribution < 1.29 is 38.7 Å². The van der Waals surface area contributed by atoms with Gasteiger partial charge in [0.2, 0.25) is 5.90 Å². The molecule has 1 heterocycles. The van der Waals surface area contributed by atoms with Crippen molar-refractivity contribution in [3.05, 3.63) is 120 Å². The SMILES string of the molecule is [Br-].[Br-].[Ga].[c]1c(C2=NC(c3ccccc3)CO2)cccc1-c1c2ccccc2cc2ccccc12. The number of ether oxygens (including phenoxy) is 1. The first kappa shape index (κ1) is 26.3. The largest absolute Gasteiger partial charge is 1.00 e. The van der Waals surface area contributed by atoms with Gasteiger partial charge in [-0.3, -0.25) is 0 Å². The van der Waals surface area contributed by atoms with Gasteiger partial charge in [-0.2, -0.15) is 0 Å². The van der Waals surface area contributed by atoms with E-state index in [1.807, 2.05) is 24.3 Å². The van der Waals surface area contributed by atoms with Gasteiger partial charge in [-0.05, 0) is 50.4 Å². The minimum absolute atomic E-state index is 0. The molecule has 2 nitrogen and oxygen atoms in total. The Morgan fingerprint density at radius 3 is 1.94 bits per heavy atom. The Kier molecular flexibility index (Phi) is 8.82. The van der Waals surface area contributed by atoms with Crippen LogP contribution in [0.25, 0.3) is 32.7 Å². The van der Waals surface area contributed by atoms with Crippen molar-refractivity contribution in [2.45, 2.75) is 6.04 Å². The third-order valence-electron chi connectivity index (χ3n) is 5.90. The third-order valence-corrected chi connectivity index (χ3v) is 5.90. The predicted octanol–water partition coefficient (Wildman–Crippen LogP) is 0.605. The summed E-state index contributed by atoms with van der Waals surface area (Å²) in [6.07, 6.45) is 0. The fraction of sp³-hybridized carbons (Fsp3) is 0.0690. The third kappa shape index (κ3) is 4.89. The van der Waals surface area contributed by atoms with E-state index in [0.717, 1.165) is 11.1 Å². The average Bonchev–Trinajstić information content (AvgIpc) is 3.34. The van der Waals surface area contributed by atoms with Gasteiger partial charge in [0.25, 0.3) is 0 Å². The molecule has 0 N–H and O–H groups in total. The minimum Gasteiger partial charge on any atom is -1.00 e. The zero-order valence-corrected chi connectivity index (χ0v) is 23.9. The molecule has 6 rings (SSSR count). The molecule has 0 fully saturated rings. The van der Waals surface area contributed by atoms with E-state index in [4.69, 9.17) is 9.73 Å². The molecule has 5 aromatic rings. The molecular formula is C29H20Br2GaNO-2. The van der Waals surface area contributed by atoms with E-state index >= 15 is 0 Å². The van der Waals surface area contributed by atoms with Crippen molar-refractivity contribution in [1.82, 2.24) is 0 Å². The summed E-state index contributed by atoms with van der Waals surface area (Å²) in [5.41, 5.74) is 4.33. The van der Waals surface area contributed by atoms with Gasteiger partial charge in [-0.1, -0.05) is 91.0 Å². The van der Waals surface area contributed by atoms with Crippen LogP contribution in [0, 0.1) is 6.07 Å². The molecule has 0 bridgehead atoms. The second-order valence-corrected chi connectivity index (χ2v) is 7.84. The summed E-state index contributed by atoms with van der Waals surface area (Å²) in [6, 6.07) is 39.5. The monoisotopic (exact) mass is 625 g/mol. The van der Waals surface area contributed by atoms with Gasteiger partial charge in [-0.25, -0.2) is 4.99 Å². The van der Waals surface area contributed by atoms with Gasteiger partial charge >= 0.3 is 0 Å². The smallest absolute Gasteiger partial charge is 0.217 e. The van der Waals surface area contributed by atoms with Crippen molar-refractivity contribution in [2.24, 2.45) is 4.99 Å². The summed E-state index contributed by atoms with van der Waals surface area (Å²) in [7, 11) is 0. The number of hydrogen-bond donors (Lipinski definition) is 0. The van der Waals surface area contributed by atoms with Crippen LogP contribution in [0.3, 0.4) is 0 Å². The molecule has 1 aliphatic rings. The number of aliphatic imine (C=N–C) groups is 1. The minimum atomic E-state index is 0. The maximum atomic E-state index is 5.99. The number of hydrogen-bond acceptors (Lipinski definition) is 2. The molecule has 166 valence electrons. The Morgan fingerprint density at radius 1 is 0.676 bits per heavy atom. The molecule has 4 radical (unpaired) electrons. The van der Waals surface area contributed by atoms with Gasteiger partial charge in [-0.15, -0.1) is 0 Å². The zero-order valence-electron chi connectivity index (χ0n) is 18.3. The molecule has 1 atom stereocenters. The van der Waals surface area contributed by atoms with Crippen molar-refractivity contribution >= 4 is 47.2 Å². The van der Waals surface area contributed by atoms with Crippen LogP contribution in [-0.4, -0.2) is 32.3 Å². The molecule has 0 aliphatic carbocycles. The maximum Gasteiger partial charge on any atom is 0.217 e. The Bertz CT molecular complexity index is 1400. The summed E-state index contributed by atoms with van der Waals surface area (Å²) < 4.78 is 5.99. The molecular weight excluding hydrogens is 608 g/mol. The van der Waals surface area contributed by atoms with Crippen LogP contribution in [0.1, 0.15) is 17.2 Å². The molecule has 0 amide bonds. The molecule has 34 heavy (non-hydrogen) atoms. The molecule has 0 saturated carbocycles. The van der Waals surface area contributed by atoms with E-state index in [9.17, 15) is 0 Å². The van der Waals surface area contributed by atoms with Crippen molar-refractivity contribution in [3.8, 4) is 11.1 Å². The second-order valence-electron chi connectivity index (χ2n) is 7.84.